The fraction of sp³-hybridized carbons (Fsp3) is 0.750. The van der Waals surface area contributed by atoms with Gasteiger partial charge in [-0.2, -0.15) is 0 Å². The van der Waals surface area contributed by atoms with Crippen molar-refractivity contribution in [2.75, 3.05) is 20.3 Å². The van der Waals surface area contributed by atoms with Crippen LogP contribution in [0, 0.1) is 5.92 Å². The molecule has 0 fully saturated rings. The highest BCUT2D eigenvalue weighted by Gasteiger charge is 2.01. The van der Waals surface area contributed by atoms with Gasteiger partial charge in [-0.25, -0.2) is 4.79 Å². The van der Waals surface area contributed by atoms with Gasteiger partial charge in [-0.1, -0.05) is 13.8 Å². The number of esters is 1. The zero-order valence-corrected chi connectivity index (χ0v) is 10.2. The lowest BCUT2D eigenvalue weighted by Gasteiger charge is -2.04. The Morgan fingerprint density at radius 3 is 2.60 bits per heavy atom. The lowest BCUT2D eigenvalue weighted by molar-refractivity contribution is -0.136. The Labute approximate surface area is 92.5 Å². The van der Waals surface area contributed by atoms with Crippen LogP contribution in [0.1, 0.15) is 33.6 Å². The van der Waals surface area contributed by atoms with E-state index in [0.29, 0.717) is 12.2 Å². The molecule has 0 heterocycles. The highest BCUT2D eigenvalue weighted by atomic mass is 16.5. The molecular formula is C12H22O3. The van der Waals surface area contributed by atoms with Crippen molar-refractivity contribution < 1.29 is 14.3 Å². The summed E-state index contributed by atoms with van der Waals surface area (Å²) < 4.78 is 9.92. The van der Waals surface area contributed by atoms with Crippen molar-refractivity contribution in [3.63, 3.8) is 0 Å². The van der Waals surface area contributed by atoms with E-state index in [1.807, 2.05) is 0 Å². The average molecular weight is 214 g/mol. The molecule has 0 aliphatic rings. The van der Waals surface area contributed by atoms with Gasteiger partial charge in [0.15, 0.2) is 0 Å². The summed E-state index contributed by atoms with van der Waals surface area (Å²) in [7, 11) is 1.38. The second kappa shape index (κ2) is 8.48. The molecule has 0 rings (SSSR count). The number of rotatable bonds is 7. The molecule has 0 bridgehead atoms. The zero-order valence-electron chi connectivity index (χ0n) is 10.2. The van der Waals surface area contributed by atoms with Crippen LogP contribution in [-0.4, -0.2) is 26.3 Å². The van der Waals surface area contributed by atoms with Gasteiger partial charge in [-0.3, -0.25) is 0 Å². The summed E-state index contributed by atoms with van der Waals surface area (Å²) in [6.45, 7) is 7.36. The van der Waals surface area contributed by atoms with Crippen molar-refractivity contribution in [1.82, 2.24) is 0 Å². The monoisotopic (exact) mass is 214 g/mol. The highest BCUT2D eigenvalue weighted by molar-refractivity contribution is 5.87. The molecule has 0 aliphatic heterocycles. The minimum atomic E-state index is -0.291. The van der Waals surface area contributed by atoms with Crippen LogP contribution in [-0.2, 0) is 14.3 Å². The minimum absolute atomic E-state index is 0.291. The van der Waals surface area contributed by atoms with Gasteiger partial charge < -0.3 is 9.47 Å². The fourth-order valence-electron chi connectivity index (χ4n) is 1.11. The van der Waals surface area contributed by atoms with Crippen LogP contribution in [0.15, 0.2) is 11.6 Å². The molecule has 0 aromatic heterocycles. The van der Waals surface area contributed by atoms with E-state index in [4.69, 9.17) is 4.74 Å². The summed E-state index contributed by atoms with van der Waals surface area (Å²) >= 11 is 0. The first-order chi connectivity index (χ1) is 7.07. The van der Waals surface area contributed by atoms with Crippen LogP contribution in [0.3, 0.4) is 0 Å². The van der Waals surface area contributed by atoms with Gasteiger partial charge in [0.2, 0.25) is 0 Å². The number of ether oxygens (including phenoxy) is 2. The maximum Gasteiger partial charge on any atom is 0.333 e. The highest BCUT2D eigenvalue weighted by Crippen LogP contribution is 2.03. The molecule has 0 N–H and O–H groups in total. The van der Waals surface area contributed by atoms with Crippen molar-refractivity contribution in [2.45, 2.75) is 33.6 Å². The molecule has 0 radical (unpaired) electrons. The summed E-state index contributed by atoms with van der Waals surface area (Å²) in [5.74, 6) is 0.432. The van der Waals surface area contributed by atoms with E-state index in [1.165, 1.54) is 13.5 Å². The Morgan fingerprint density at radius 1 is 1.40 bits per heavy atom. The Morgan fingerprint density at radius 2 is 2.07 bits per heavy atom. The third-order valence-corrected chi connectivity index (χ3v) is 2.08. The van der Waals surface area contributed by atoms with Crippen LogP contribution >= 0.6 is 0 Å². The predicted molar refractivity (Wildman–Crippen MR) is 60.7 cm³/mol. The minimum Gasteiger partial charge on any atom is -0.466 e. The molecular weight excluding hydrogens is 192 g/mol. The van der Waals surface area contributed by atoms with Gasteiger partial charge in [-0.05, 0) is 31.8 Å². The van der Waals surface area contributed by atoms with Gasteiger partial charge in [0, 0.05) is 12.2 Å². The molecule has 0 amide bonds. The quantitative estimate of drug-likeness (QED) is 0.371. The molecule has 0 aromatic carbocycles. The molecule has 0 unspecified atom stereocenters. The van der Waals surface area contributed by atoms with Crippen LogP contribution in [0.25, 0.3) is 0 Å². The molecule has 3 heteroatoms. The number of hydrogen-bond acceptors (Lipinski definition) is 3. The Bertz CT molecular complexity index is 207. The zero-order chi connectivity index (χ0) is 11.7. The van der Waals surface area contributed by atoms with E-state index in [-0.39, 0.29) is 5.97 Å². The summed E-state index contributed by atoms with van der Waals surface area (Å²) in [6.07, 6.45) is 4.00. The largest absolute Gasteiger partial charge is 0.466 e. The van der Waals surface area contributed by atoms with E-state index < -0.39 is 0 Å². The van der Waals surface area contributed by atoms with Crippen LogP contribution in [0.4, 0.5) is 0 Å². The molecule has 15 heavy (non-hydrogen) atoms. The summed E-state index contributed by atoms with van der Waals surface area (Å²) in [4.78, 5) is 11.0. The molecule has 0 aromatic rings. The molecule has 0 atom stereocenters. The number of carbonyl (C=O) groups is 1. The summed E-state index contributed by atoms with van der Waals surface area (Å²) in [5, 5.41) is 0. The van der Waals surface area contributed by atoms with Crippen molar-refractivity contribution >= 4 is 5.97 Å². The molecule has 0 saturated heterocycles. The Hall–Kier alpha value is -0.830. The second-order valence-electron chi connectivity index (χ2n) is 3.99. The standard InChI is InChI=1S/C12H22O3/c1-10(2)6-5-8-15-9-7-11(3)12(13)14-4/h7,10H,5-6,8-9H2,1-4H3. The number of methoxy groups -OCH3 is 1. The fourth-order valence-corrected chi connectivity index (χ4v) is 1.11. The smallest absolute Gasteiger partial charge is 0.333 e. The maximum atomic E-state index is 11.0. The first-order valence-corrected chi connectivity index (χ1v) is 5.40. The third-order valence-electron chi connectivity index (χ3n) is 2.08. The lowest BCUT2D eigenvalue weighted by atomic mass is 10.1. The molecule has 0 aliphatic carbocycles. The maximum absolute atomic E-state index is 11.0. The first-order valence-electron chi connectivity index (χ1n) is 5.40. The number of hydrogen-bond donors (Lipinski definition) is 0. The SMILES string of the molecule is COC(=O)C(C)=CCOCCCC(C)C. The Balaban J connectivity index is 3.48. The second-order valence-corrected chi connectivity index (χ2v) is 3.99. The predicted octanol–water partition coefficient (Wildman–Crippen LogP) is 2.56. The number of carbonyl (C=O) groups excluding carboxylic acids is 1. The molecule has 0 saturated carbocycles. The van der Waals surface area contributed by atoms with Crippen LogP contribution in [0.2, 0.25) is 0 Å². The topological polar surface area (TPSA) is 35.5 Å². The van der Waals surface area contributed by atoms with Crippen LogP contribution < -0.4 is 0 Å². The average Bonchev–Trinajstić information content (AvgIpc) is 2.21. The third kappa shape index (κ3) is 8.18. The first kappa shape index (κ1) is 14.2. The molecule has 0 spiro atoms. The normalized spacial score (nSPS) is 11.9. The molecule has 88 valence electrons. The van der Waals surface area contributed by atoms with E-state index >= 15 is 0 Å². The van der Waals surface area contributed by atoms with Gasteiger partial charge >= 0.3 is 5.97 Å². The van der Waals surface area contributed by atoms with E-state index in [0.717, 1.165) is 18.9 Å². The molecule has 3 nitrogen and oxygen atoms in total. The van der Waals surface area contributed by atoms with Gasteiger partial charge in [0.1, 0.15) is 0 Å². The van der Waals surface area contributed by atoms with E-state index in [2.05, 4.69) is 18.6 Å². The summed E-state index contributed by atoms with van der Waals surface area (Å²) in [6, 6.07) is 0. The van der Waals surface area contributed by atoms with E-state index in [1.54, 1.807) is 13.0 Å². The van der Waals surface area contributed by atoms with E-state index in [9.17, 15) is 4.79 Å². The van der Waals surface area contributed by atoms with Gasteiger partial charge in [-0.15, -0.1) is 0 Å². The van der Waals surface area contributed by atoms with Crippen molar-refractivity contribution in [3.05, 3.63) is 11.6 Å². The lowest BCUT2D eigenvalue weighted by Crippen LogP contribution is -2.03. The van der Waals surface area contributed by atoms with Crippen molar-refractivity contribution in [3.8, 4) is 0 Å². The van der Waals surface area contributed by atoms with Crippen molar-refractivity contribution in [1.29, 1.82) is 0 Å². The Kier molecular flexibility index (Phi) is 8.01. The van der Waals surface area contributed by atoms with Gasteiger partial charge in [0.25, 0.3) is 0 Å². The van der Waals surface area contributed by atoms with Gasteiger partial charge in [0.05, 0.1) is 13.7 Å². The summed E-state index contributed by atoms with van der Waals surface area (Å²) in [5.41, 5.74) is 0.598. The van der Waals surface area contributed by atoms with Crippen LogP contribution in [0.5, 0.6) is 0 Å². The van der Waals surface area contributed by atoms with Crippen molar-refractivity contribution in [2.24, 2.45) is 5.92 Å².